The number of carbonyl (C=O) groups excluding carboxylic acids is 1. The second-order valence-electron chi connectivity index (χ2n) is 6.73. The van der Waals surface area contributed by atoms with Crippen molar-refractivity contribution in [1.29, 1.82) is 0 Å². The van der Waals surface area contributed by atoms with E-state index in [2.05, 4.69) is 21.3 Å². The maximum absolute atomic E-state index is 12.7. The molecule has 2 aliphatic heterocycles. The first-order valence-electron chi connectivity index (χ1n) is 9.05. The summed E-state index contributed by atoms with van der Waals surface area (Å²) in [6, 6.07) is 8.19. The molecule has 1 aromatic rings. The lowest BCUT2D eigenvalue weighted by atomic mass is 10.0. The minimum atomic E-state index is 0.0981. The van der Waals surface area contributed by atoms with Crippen molar-refractivity contribution in [1.82, 2.24) is 10.2 Å². The number of nitrogens with zero attached hydrogens (tertiary/aromatic N) is 3. The summed E-state index contributed by atoms with van der Waals surface area (Å²) >= 11 is 0. The number of nitrogens with one attached hydrogen (secondary N) is 1. The molecule has 6 heteroatoms. The fraction of sp³-hybridized carbons (Fsp3) is 0.579. The molecule has 0 saturated carbocycles. The highest BCUT2D eigenvalue weighted by Crippen LogP contribution is 2.26. The molecule has 1 aromatic carbocycles. The number of methoxy groups -OCH3 is 1. The summed E-state index contributed by atoms with van der Waals surface area (Å²) < 4.78 is 5.25. The number of hydrogen-bond donors (Lipinski definition) is 1. The van der Waals surface area contributed by atoms with Gasteiger partial charge in [0.25, 0.3) is 0 Å². The first kappa shape index (κ1) is 17.7. The monoisotopic (exact) mass is 344 g/mol. The fourth-order valence-electron chi connectivity index (χ4n) is 3.77. The van der Waals surface area contributed by atoms with Crippen LogP contribution in [0.2, 0.25) is 0 Å². The smallest absolute Gasteiger partial charge is 0.246 e. The van der Waals surface area contributed by atoms with Gasteiger partial charge in [0.15, 0.2) is 5.96 Å². The van der Waals surface area contributed by atoms with Gasteiger partial charge in [-0.1, -0.05) is 18.2 Å². The number of amides is 1. The van der Waals surface area contributed by atoms with E-state index in [4.69, 9.17) is 4.74 Å². The Hall–Kier alpha value is -2.08. The number of aliphatic imine (C=N–C) groups is 1. The molecule has 1 fully saturated rings. The zero-order valence-corrected chi connectivity index (χ0v) is 15.2. The Morgan fingerprint density at radius 3 is 3.00 bits per heavy atom. The van der Waals surface area contributed by atoms with E-state index in [1.165, 1.54) is 5.56 Å². The summed E-state index contributed by atoms with van der Waals surface area (Å²) in [6.45, 7) is 3.71. The number of ether oxygens (including phenoxy) is 1. The summed E-state index contributed by atoms with van der Waals surface area (Å²) in [6.07, 6.45) is 3.16. The van der Waals surface area contributed by atoms with E-state index in [0.29, 0.717) is 5.92 Å². The van der Waals surface area contributed by atoms with Gasteiger partial charge in [0.05, 0.1) is 13.2 Å². The number of para-hydroxylation sites is 1. The van der Waals surface area contributed by atoms with Crippen molar-refractivity contribution >= 4 is 17.6 Å². The SMILES string of the molecule is CN=C(NCC(=O)N1CCCc2ccccc21)N1CCC(COC)C1. The summed E-state index contributed by atoms with van der Waals surface area (Å²) in [4.78, 5) is 21.2. The highest BCUT2D eigenvalue weighted by Gasteiger charge is 2.26. The number of aryl methyl sites for hydroxylation is 1. The first-order valence-corrected chi connectivity index (χ1v) is 9.05. The number of rotatable bonds is 4. The van der Waals surface area contributed by atoms with Crippen LogP contribution in [0, 0.1) is 5.92 Å². The number of anilines is 1. The zero-order chi connectivity index (χ0) is 17.6. The molecule has 1 unspecified atom stereocenters. The Bertz CT molecular complexity index is 632. The van der Waals surface area contributed by atoms with E-state index in [-0.39, 0.29) is 12.5 Å². The molecular formula is C19H28N4O2. The largest absolute Gasteiger partial charge is 0.384 e. The molecule has 2 aliphatic rings. The molecule has 1 atom stereocenters. The van der Waals surface area contributed by atoms with Crippen LogP contribution in [0.5, 0.6) is 0 Å². The molecule has 136 valence electrons. The van der Waals surface area contributed by atoms with Crippen molar-refractivity contribution in [3.63, 3.8) is 0 Å². The Labute approximate surface area is 149 Å². The molecule has 6 nitrogen and oxygen atoms in total. The van der Waals surface area contributed by atoms with Crippen molar-refractivity contribution in [2.45, 2.75) is 19.3 Å². The number of benzene rings is 1. The molecule has 1 N–H and O–H groups in total. The van der Waals surface area contributed by atoms with E-state index in [1.807, 2.05) is 23.1 Å². The third-order valence-corrected chi connectivity index (χ3v) is 5.01. The van der Waals surface area contributed by atoms with Crippen molar-refractivity contribution in [2.75, 3.05) is 51.8 Å². The molecule has 1 amide bonds. The molecule has 0 aromatic heterocycles. The minimum absolute atomic E-state index is 0.0981. The molecule has 0 radical (unpaired) electrons. The van der Waals surface area contributed by atoms with Gasteiger partial charge in [-0.3, -0.25) is 9.79 Å². The highest BCUT2D eigenvalue weighted by molar-refractivity contribution is 5.98. The first-order chi connectivity index (χ1) is 12.2. The summed E-state index contributed by atoms with van der Waals surface area (Å²) in [5, 5.41) is 3.25. The predicted octanol–water partition coefficient (Wildman–Crippen LogP) is 1.51. The number of guanidine groups is 1. The van der Waals surface area contributed by atoms with Gasteiger partial charge in [0.1, 0.15) is 0 Å². The van der Waals surface area contributed by atoms with E-state index in [1.54, 1.807) is 14.2 Å². The van der Waals surface area contributed by atoms with E-state index >= 15 is 0 Å². The van der Waals surface area contributed by atoms with Gasteiger partial charge < -0.3 is 19.9 Å². The van der Waals surface area contributed by atoms with Crippen molar-refractivity contribution in [2.24, 2.45) is 10.9 Å². The van der Waals surface area contributed by atoms with Crippen molar-refractivity contribution < 1.29 is 9.53 Å². The lowest BCUT2D eigenvalue weighted by molar-refractivity contribution is -0.117. The molecule has 0 bridgehead atoms. The molecule has 0 aliphatic carbocycles. The van der Waals surface area contributed by atoms with Crippen LogP contribution in [0.25, 0.3) is 0 Å². The van der Waals surface area contributed by atoms with Crippen LogP contribution >= 0.6 is 0 Å². The van der Waals surface area contributed by atoms with Crippen LogP contribution in [0.15, 0.2) is 29.3 Å². The van der Waals surface area contributed by atoms with Gasteiger partial charge in [0.2, 0.25) is 5.91 Å². The fourth-order valence-corrected chi connectivity index (χ4v) is 3.77. The maximum atomic E-state index is 12.7. The van der Waals surface area contributed by atoms with Crippen LogP contribution in [0.1, 0.15) is 18.4 Å². The lowest BCUT2D eigenvalue weighted by Crippen LogP contribution is -2.47. The number of hydrogen-bond acceptors (Lipinski definition) is 3. The Morgan fingerprint density at radius 2 is 2.20 bits per heavy atom. The molecule has 2 heterocycles. The van der Waals surface area contributed by atoms with E-state index < -0.39 is 0 Å². The molecule has 0 spiro atoms. The Balaban J connectivity index is 1.57. The Kier molecular flexibility index (Phi) is 5.91. The van der Waals surface area contributed by atoms with Crippen LogP contribution < -0.4 is 10.2 Å². The second kappa shape index (κ2) is 8.34. The van der Waals surface area contributed by atoms with Gasteiger partial charge in [0, 0.05) is 45.4 Å². The average Bonchev–Trinajstić information content (AvgIpc) is 3.10. The average molecular weight is 344 g/mol. The highest BCUT2D eigenvalue weighted by atomic mass is 16.5. The number of fused-ring (bicyclic) bond motifs is 1. The van der Waals surface area contributed by atoms with Gasteiger partial charge >= 0.3 is 0 Å². The molecular weight excluding hydrogens is 316 g/mol. The second-order valence-corrected chi connectivity index (χ2v) is 6.73. The standard InChI is InChI=1S/C19H28N4O2/c1-20-19(22-11-9-15(13-22)14-25-2)21-12-18(24)23-10-5-7-16-6-3-4-8-17(16)23/h3-4,6,8,15H,5,7,9-14H2,1-2H3,(H,20,21). The molecule has 25 heavy (non-hydrogen) atoms. The van der Waals surface area contributed by atoms with E-state index in [9.17, 15) is 4.79 Å². The summed E-state index contributed by atoms with van der Waals surface area (Å²) in [7, 11) is 3.51. The predicted molar refractivity (Wildman–Crippen MR) is 100 cm³/mol. The van der Waals surface area contributed by atoms with Crippen LogP contribution in [-0.4, -0.2) is 63.7 Å². The summed E-state index contributed by atoms with van der Waals surface area (Å²) in [5.74, 6) is 1.44. The van der Waals surface area contributed by atoms with Crippen LogP contribution in [0.4, 0.5) is 5.69 Å². The number of likely N-dealkylation sites (tertiary alicyclic amines) is 1. The minimum Gasteiger partial charge on any atom is -0.384 e. The molecule has 1 saturated heterocycles. The normalized spacial score (nSPS) is 20.6. The van der Waals surface area contributed by atoms with Crippen molar-refractivity contribution in [3.8, 4) is 0 Å². The van der Waals surface area contributed by atoms with Gasteiger partial charge in [-0.15, -0.1) is 0 Å². The van der Waals surface area contributed by atoms with Gasteiger partial charge in [-0.05, 0) is 30.9 Å². The van der Waals surface area contributed by atoms with Crippen LogP contribution in [0.3, 0.4) is 0 Å². The quantitative estimate of drug-likeness (QED) is 0.664. The van der Waals surface area contributed by atoms with Crippen molar-refractivity contribution in [3.05, 3.63) is 29.8 Å². The number of carbonyl (C=O) groups is 1. The van der Waals surface area contributed by atoms with Crippen LogP contribution in [-0.2, 0) is 16.0 Å². The molecule has 3 rings (SSSR count). The third kappa shape index (κ3) is 4.12. The Morgan fingerprint density at radius 1 is 1.36 bits per heavy atom. The van der Waals surface area contributed by atoms with E-state index in [0.717, 1.165) is 57.2 Å². The third-order valence-electron chi connectivity index (χ3n) is 5.01. The topological polar surface area (TPSA) is 57.2 Å². The van der Waals surface area contributed by atoms with Gasteiger partial charge in [-0.25, -0.2) is 0 Å². The summed E-state index contributed by atoms with van der Waals surface area (Å²) in [5.41, 5.74) is 2.31. The van der Waals surface area contributed by atoms with Gasteiger partial charge in [-0.2, -0.15) is 0 Å². The zero-order valence-electron chi connectivity index (χ0n) is 15.2. The lowest BCUT2D eigenvalue weighted by Gasteiger charge is -2.30. The maximum Gasteiger partial charge on any atom is 0.246 e.